The molecule has 1 atom stereocenters. The maximum atomic E-state index is 12.8. The van der Waals surface area contributed by atoms with E-state index in [-0.39, 0.29) is 23.3 Å². The number of rotatable bonds is 8. The van der Waals surface area contributed by atoms with Gasteiger partial charge in [-0.15, -0.1) is 0 Å². The second kappa shape index (κ2) is 9.67. The van der Waals surface area contributed by atoms with Crippen LogP contribution in [-0.4, -0.2) is 32.0 Å². The number of nitriles is 1. The predicted molar refractivity (Wildman–Crippen MR) is 133 cm³/mol. The summed E-state index contributed by atoms with van der Waals surface area (Å²) < 4.78 is 29.7. The number of nitrogens with zero attached hydrogens (tertiary/aromatic N) is 2. The standard InChI is InChI=1S/C26H26N4O3S/c1-3-30-24-7-5-4-6-22(24)23-14-20(10-13-25(23)30)26(31)28-16-18(2)17-29-34(32,33)21-11-8-19(15-27)9-12-21/h4-14,18,29H,3,16-17H2,1-2H3,(H,28,31). The van der Waals surface area contributed by atoms with Gasteiger partial charge in [0, 0.05) is 47.0 Å². The fourth-order valence-electron chi connectivity index (χ4n) is 4.02. The Hall–Kier alpha value is -3.67. The molecule has 1 heterocycles. The molecule has 2 N–H and O–H groups in total. The molecule has 1 unspecified atom stereocenters. The van der Waals surface area contributed by atoms with Gasteiger partial charge in [-0.1, -0.05) is 25.1 Å². The largest absolute Gasteiger partial charge is 0.352 e. The molecule has 0 spiro atoms. The first-order valence-corrected chi connectivity index (χ1v) is 12.6. The molecule has 8 heteroatoms. The van der Waals surface area contributed by atoms with Crippen LogP contribution >= 0.6 is 0 Å². The van der Waals surface area contributed by atoms with Crippen LogP contribution in [0, 0.1) is 17.2 Å². The third-order valence-electron chi connectivity index (χ3n) is 5.88. The number of hydrogen-bond acceptors (Lipinski definition) is 4. The second-order valence-electron chi connectivity index (χ2n) is 8.30. The van der Waals surface area contributed by atoms with Crippen molar-refractivity contribution < 1.29 is 13.2 Å². The number of benzene rings is 3. The summed E-state index contributed by atoms with van der Waals surface area (Å²) in [7, 11) is -3.69. The number of sulfonamides is 1. The Morgan fingerprint density at radius 1 is 1.00 bits per heavy atom. The first-order chi connectivity index (χ1) is 16.3. The van der Waals surface area contributed by atoms with Gasteiger partial charge in [-0.3, -0.25) is 4.79 Å². The SMILES string of the molecule is CCn1c2ccccc2c2cc(C(=O)NCC(C)CNS(=O)(=O)c3ccc(C#N)cc3)ccc21. The Balaban J connectivity index is 1.40. The van der Waals surface area contributed by atoms with Crippen LogP contribution in [0.1, 0.15) is 29.8 Å². The minimum atomic E-state index is -3.69. The number of hydrogen-bond donors (Lipinski definition) is 2. The zero-order valence-corrected chi connectivity index (χ0v) is 19.9. The number of amides is 1. The first-order valence-electron chi connectivity index (χ1n) is 11.1. The van der Waals surface area contributed by atoms with E-state index in [4.69, 9.17) is 5.26 Å². The highest BCUT2D eigenvalue weighted by Crippen LogP contribution is 2.29. The monoisotopic (exact) mass is 474 g/mol. The topological polar surface area (TPSA) is 104 Å². The molecular formula is C26H26N4O3S. The van der Waals surface area contributed by atoms with Crippen molar-refractivity contribution in [2.24, 2.45) is 5.92 Å². The average Bonchev–Trinajstić information content (AvgIpc) is 3.19. The van der Waals surface area contributed by atoms with Crippen molar-refractivity contribution in [3.05, 3.63) is 77.9 Å². The molecular weight excluding hydrogens is 448 g/mol. The maximum absolute atomic E-state index is 12.8. The lowest BCUT2D eigenvalue weighted by Crippen LogP contribution is -2.35. The minimum absolute atomic E-state index is 0.0993. The number of aromatic nitrogens is 1. The average molecular weight is 475 g/mol. The van der Waals surface area contributed by atoms with Gasteiger partial charge in [-0.2, -0.15) is 5.26 Å². The fraction of sp³-hybridized carbons (Fsp3) is 0.231. The number of carbonyl (C=O) groups excluding carboxylic acids is 1. The normalized spacial score (nSPS) is 12.5. The van der Waals surface area contributed by atoms with Crippen LogP contribution in [0.15, 0.2) is 71.6 Å². The van der Waals surface area contributed by atoms with Crippen molar-refractivity contribution >= 4 is 37.7 Å². The molecule has 0 bridgehead atoms. The van der Waals surface area contributed by atoms with Crippen LogP contribution in [0.3, 0.4) is 0 Å². The molecule has 1 amide bonds. The maximum Gasteiger partial charge on any atom is 0.251 e. The predicted octanol–water partition coefficient (Wildman–Crippen LogP) is 4.03. The smallest absolute Gasteiger partial charge is 0.251 e. The van der Waals surface area contributed by atoms with E-state index in [1.54, 1.807) is 0 Å². The number of para-hydroxylation sites is 1. The molecule has 1 aromatic heterocycles. The minimum Gasteiger partial charge on any atom is -0.352 e. The Morgan fingerprint density at radius 2 is 1.71 bits per heavy atom. The molecule has 4 aromatic rings. The molecule has 0 radical (unpaired) electrons. The van der Waals surface area contributed by atoms with Crippen LogP contribution in [0.25, 0.3) is 21.8 Å². The molecule has 34 heavy (non-hydrogen) atoms. The number of carbonyl (C=O) groups is 1. The van der Waals surface area contributed by atoms with Gasteiger partial charge in [0.1, 0.15) is 0 Å². The lowest BCUT2D eigenvalue weighted by molar-refractivity contribution is 0.0948. The van der Waals surface area contributed by atoms with Crippen LogP contribution in [0.5, 0.6) is 0 Å². The van der Waals surface area contributed by atoms with Gasteiger partial charge in [0.2, 0.25) is 10.0 Å². The molecule has 4 rings (SSSR count). The number of fused-ring (bicyclic) bond motifs is 3. The molecule has 3 aromatic carbocycles. The lowest BCUT2D eigenvalue weighted by Gasteiger charge is -2.14. The summed E-state index contributed by atoms with van der Waals surface area (Å²) >= 11 is 0. The Bertz CT molecular complexity index is 1500. The van der Waals surface area contributed by atoms with Crippen LogP contribution in [0.4, 0.5) is 0 Å². The van der Waals surface area contributed by atoms with Gasteiger partial charge >= 0.3 is 0 Å². The van der Waals surface area contributed by atoms with Crippen molar-refractivity contribution in [2.45, 2.75) is 25.3 Å². The molecule has 0 aliphatic heterocycles. The van der Waals surface area contributed by atoms with Crippen molar-refractivity contribution in [2.75, 3.05) is 13.1 Å². The summed E-state index contributed by atoms with van der Waals surface area (Å²) in [6.07, 6.45) is 0. The molecule has 0 aliphatic carbocycles. The van der Waals surface area contributed by atoms with Crippen LogP contribution in [-0.2, 0) is 16.6 Å². The zero-order chi connectivity index (χ0) is 24.3. The highest BCUT2D eigenvalue weighted by molar-refractivity contribution is 7.89. The van der Waals surface area contributed by atoms with Gasteiger partial charge < -0.3 is 9.88 Å². The highest BCUT2D eigenvalue weighted by Gasteiger charge is 2.17. The van der Waals surface area contributed by atoms with E-state index in [9.17, 15) is 13.2 Å². The second-order valence-corrected chi connectivity index (χ2v) is 10.1. The molecule has 7 nitrogen and oxygen atoms in total. The summed E-state index contributed by atoms with van der Waals surface area (Å²) in [6, 6.07) is 21.6. The molecule has 0 fully saturated rings. The van der Waals surface area contributed by atoms with Crippen molar-refractivity contribution in [1.29, 1.82) is 5.26 Å². The van der Waals surface area contributed by atoms with Crippen molar-refractivity contribution in [3.63, 3.8) is 0 Å². The highest BCUT2D eigenvalue weighted by atomic mass is 32.2. The summed E-state index contributed by atoms with van der Waals surface area (Å²) in [4.78, 5) is 12.9. The van der Waals surface area contributed by atoms with E-state index in [1.165, 1.54) is 24.3 Å². The molecule has 0 saturated carbocycles. The van der Waals surface area contributed by atoms with Crippen molar-refractivity contribution in [3.8, 4) is 6.07 Å². The lowest BCUT2D eigenvalue weighted by atomic mass is 10.1. The van der Waals surface area contributed by atoms with E-state index < -0.39 is 10.0 Å². The first kappa shape index (κ1) is 23.5. The van der Waals surface area contributed by atoms with E-state index in [1.807, 2.05) is 43.3 Å². The number of aryl methyl sites for hydroxylation is 1. The quantitative estimate of drug-likeness (QED) is 0.402. The summed E-state index contributed by atoms with van der Waals surface area (Å²) in [5.74, 6) is -0.320. The zero-order valence-electron chi connectivity index (χ0n) is 19.1. The molecule has 0 saturated heterocycles. The van der Waals surface area contributed by atoms with Crippen molar-refractivity contribution in [1.82, 2.24) is 14.6 Å². The molecule has 174 valence electrons. The van der Waals surface area contributed by atoms with E-state index in [0.717, 1.165) is 28.4 Å². The van der Waals surface area contributed by atoms with Gasteiger partial charge in [0.25, 0.3) is 5.91 Å². The summed E-state index contributed by atoms with van der Waals surface area (Å²) in [5.41, 5.74) is 3.19. The number of nitrogens with one attached hydrogen (secondary N) is 2. The Labute approximate surface area is 199 Å². The van der Waals surface area contributed by atoms with Gasteiger partial charge in [0.15, 0.2) is 0 Å². The third kappa shape index (κ3) is 4.67. The molecule has 0 aliphatic rings. The summed E-state index contributed by atoms with van der Waals surface area (Å²) in [5, 5.41) is 13.9. The van der Waals surface area contributed by atoms with E-state index in [0.29, 0.717) is 17.7 Å². The van der Waals surface area contributed by atoms with Gasteiger partial charge in [0.05, 0.1) is 16.5 Å². The Morgan fingerprint density at radius 3 is 2.41 bits per heavy atom. The fourth-order valence-corrected chi connectivity index (χ4v) is 5.19. The van der Waals surface area contributed by atoms with Gasteiger partial charge in [-0.05, 0) is 61.4 Å². The van der Waals surface area contributed by atoms with Gasteiger partial charge in [-0.25, -0.2) is 13.1 Å². The van der Waals surface area contributed by atoms with Crippen LogP contribution < -0.4 is 10.0 Å². The van der Waals surface area contributed by atoms with Crippen LogP contribution in [0.2, 0.25) is 0 Å². The van der Waals surface area contributed by atoms with E-state index >= 15 is 0 Å². The van der Waals surface area contributed by atoms with E-state index in [2.05, 4.69) is 33.7 Å². The Kier molecular flexibility index (Phi) is 6.68. The third-order valence-corrected chi connectivity index (χ3v) is 7.32. The summed E-state index contributed by atoms with van der Waals surface area (Å²) in [6.45, 7) is 5.30.